The molecule has 0 aromatic heterocycles. The number of amides is 1. The summed E-state index contributed by atoms with van der Waals surface area (Å²) in [6.45, 7) is 4.87. The van der Waals surface area contributed by atoms with Gasteiger partial charge < -0.3 is 20.3 Å². The third kappa shape index (κ3) is 51.6. The third-order valence-electron chi connectivity index (χ3n) is 13.5. The Hall–Kier alpha value is -1.66. The number of ether oxygens (including phenoxy) is 1. The van der Waals surface area contributed by atoms with Gasteiger partial charge in [-0.25, -0.2) is 0 Å². The molecular weight excluding hydrogens is 803 g/mol. The van der Waals surface area contributed by atoms with Gasteiger partial charge >= 0.3 is 5.97 Å². The normalized spacial score (nSPS) is 12.7. The lowest BCUT2D eigenvalue weighted by atomic mass is 10.0. The maximum Gasteiger partial charge on any atom is 0.305 e. The number of aliphatic hydroxyl groups is 2. The van der Waals surface area contributed by atoms with E-state index in [9.17, 15) is 19.8 Å². The number of hydrogen-bond donors (Lipinski definition) is 3. The van der Waals surface area contributed by atoms with Gasteiger partial charge in [0.15, 0.2) is 0 Å². The molecule has 3 N–H and O–H groups in total. The van der Waals surface area contributed by atoms with Crippen LogP contribution >= 0.6 is 0 Å². The summed E-state index contributed by atoms with van der Waals surface area (Å²) in [6.07, 6.45) is 66.2. The van der Waals surface area contributed by atoms with E-state index in [4.69, 9.17) is 4.74 Å². The SMILES string of the molecule is CCCCCCCC/C=C\CCCCCCCCCC(=O)OCCCCCCCCCCCCCC(=O)NC(CO)C(O)/C=C/CCCCCCCCCCCCCCCCCCCC. The summed E-state index contributed by atoms with van der Waals surface area (Å²) >= 11 is 0. The molecule has 0 aliphatic carbocycles. The summed E-state index contributed by atoms with van der Waals surface area (Å²) in [4.78, 5) is 24.5. The molecule has 0 aliphatic heterocycles. The van der Waals surface area contributed by atoms with Crippen LogP contribution in [0.5, 0.6) is 0 Å². The van der Waals surface area contributed by atoms with Crippen LogP contribution in [0.25, 0.3) is 0 Å². The Morgan fingerprint density at radius 3 is 1.09 bits per heavy atom. The molecule has 0 aromatic rings. The molecule has 1 amide bonds. The lowest BCUT2D eigenvalue weighted by Crippen LogP contribution is -2.45. The topological polar surface area (TPSA) is 95.9 Å². The number of rotatable bonds is 54. The van der Waals surface area contributed by atoms with E-state index in [1.54, 1.807) is 6.08 Å². The number of allylic oxidation sites excluding steroid dienone is 3. The van der Waals surface area contributed by atoms with Crippen LogP contribution < -0.4 is 5.32 Å². The fraction of sp³-hybridized carbons (Fsp3) is 0.898. The summed E-state index contributed by atoms with van der Waals surface area (Å²) in [7, 11) is 0. The van der Waals surface area contributed by atoms with Crippen molar-refractivity contribution < 1.29 is 24.5 Å². The van der Waals surface area contributed by atoms with Gasteiger partial charge in [0, 0.05) is 12.8 Å². The molecule has 0 saturated carbocycles. The number of esters is 1. The van der Waals surface area contributed by atoms with Gasteiger partial charge in [0.1, 0.15) is 0 Å². The van der Waals surface area contributed by atoms with E-state index >= 15 is 0 Å². The first-order valence-electron chi connectivity index (χ1n) is 29.1. The van der Waals surface area contributed by atoms with Gasteiger partial charge in [-0.05, 0) is 57.8 Å². The number of aliphatic hydroxyl groups excluding tert-OH is 2. The zero-order valence-electron chi connectivity index (χ0n) is 43.7. The Balaban J connectivity index is 3.49. The van der Waals surface area contributed by atoms with E-state index in [0.29, 0.717) is 19.4 Å². The average molecular weight is 917 g/mol. The van der Waals surface area contributed by atoms with Crippen molar-refractivity contribution in [3.63, 3.8) is 0 Å². The summed E-state index contributed by atoms with van der Waals surface area (Å²) in [6, 6.07) is -0.643. The summed E-state index contributed by atoms with van der Waals surface area (Å²) < 4.78 is 5.47. The van der Waals surface area contributed by atoms with E-state index in [1.807, 2.05) is 6.08 Å². The molecule has 0 fully saturated rings. The average Bonchev–Trinajstić information content (AvgIpc) is 3.31. The molecule has 0 heterocycles. The zero-order valence-corrected chi connectivity index (χ0v) is 43.7. The molecule has 2 atom stereocenters. The fourth-order valence-electron chi connectivity index (χ4n) is 8.98. The van der Waals surface area contributed by atoms with Crippen molar-refractivity contribution in [2.45, 2.75) is 328 Å². The van der Waals surface area contributed by atoms with Crippen molar-refractivity contribution in [3.8, 4) is 0 Å². The third-order valence-corrected chi connectivity index (χ3v) is 13.5. The fourth-order valence-corrected chi connectivity index (χ4v) is 8.98. The van der Waals surface area contributed by atoms with E-state index in [0.717, 1.165) is 57.8 Å². The van der Waals surface area contributed by atoms with Gasteiger partial charge in [0.2, 0.25) is 5.91 Å². The Morgan fingerprint density at radius 2 is 0.723 bits per heavy atom. The van der Waals surface area contributed by atoms with E-state index in [2.05, 4.69) is 31.3 Å². The van der Waals surface area contributed by atoms with Gasteiger partial charge in [-0.15, -0.1) is 0 Å². The van der Waals surface area contributed by atoms with Gasteiger partial charge in [0.25, 0.3) is 0 Å². The lowest BCUT2D eigenvalue weighted by Gasteiger charge is -2.20. The Morgan fingerprint density at radius 1 is 0.415 bits per heavy atom. The first kappa shape index (κ1) is 63.3. The second-order valence-corrected chi connectivity index (χ2v) is 20.0. The smallest absolute Gasteiger partial charge is 0.305 e. The minimum atomic E-state index is -0.857. The van der Waals surface area contributed by atoms with Crippen molar-refractivity contribution >= 4 is 11.9 Å². The van der Waals surface area contributed by atoms with Crippen molar-refractivity contribution in [2.24, 2.45) is 0 Å². The van der Waals surface area contributed by atoms with Crippen LogP contribution in [-0.2, 0) is 14.3 Å². The van der Waals surface area contributed by atoms with Crippen LogP contribution in [0.2, 0.25) is 0 Å². The molecule has 0 aliphatic rings. The van der Waals surface area contributed by atoms with Crippen LogP contribution in [0.1, 0.15) is 316 Å². The first-order chi connectivity index (χ1) is 32.0. The predicted octanol–water partition coefficient (Wildman–Crippen LogP) is 17.9. The van der Waals surface area contributed by atoms with Crippen LogP contribution in [0, 0.1) is 0 Å². The minimum Gasteiger partial charge on any atom is -0.466 e. The summed E-state index contributed by atoms with van der Waals surface area (Å²) in [5.74, 6) is -0.103. The monoisotopic (exact) mass is 916 g/mol. The molecule has 0 bridgehead atoms. The van der Waals surface area contributed by atoms with Gasteiger partial charge in [-0.1, -0.05) is 269 Å². The van der Waals surface area contributed by atoms with Crippen LogP contribution in [0.15, 0.2) is 24.3 Å². The van der Waals surface area contributed by atoms with Crippen LogP contribution in [-0.4, -0.2) is 47.4 Å². The zero-order chi connectivity index (χ0) is 47.2. The van der Waals surface area contributed by atoms with E-state index in [-0.39, 0.29) is 18.5 Å². The van der Waals surface area contributed by atoms with Crippen molar-refractivity contribution in [1.82, 2.24) is 5.32 Å². The molecule has 65 heavy (non-hydrogen) atoms. The number of unbranched alkanes of at least 4 members (excludes halogenated alkanes) is 41. The number of nitrogens with one attached hydrogen (secondary N) is 1. The highest BCUT2D eigenvalue weighted by molar-refractivity contribution is 5.76. The molecule has 0 rings (SSSR count). The standard InChI is InChI=1S/C59H113NO5/c1-3-5-7-9-11-13-15-17-19-21-22-23-25-26-28-31-35-39-43-47-51-57(62)56(55-61)60-58(63)52-48-44-40-36-32-30-34-38-42-46-50-54-65-59(64)53-49-45-41-37-33-29-27-24-20-18-16-14-12-10-8-6-4-2/h18,20,47,51,56-57,61-62H,3-17,19,21-46,48-50,52-55H2,1-2H3,(H,60,63)/b20-18-,51-47+. The molecule has 0 saturated heterocycles. The van der Waals surface area contributed by atoms with Crippen molar-refractivity contribution in [2.75, 3.05) is 13.2 Å². The highest BCUT2D eigenvalue weighted by Gasteiger charge is 2.18. The maximum absolute atomic E-state index is 12.5. The number of carbonyl (C=O) groups excluding carboxylic acids is 2. The highest BCUT2D eigenvalue weighted by Crippen LogP contribution is 2.17. The Labute approximate surface area is 405 Å². The second-order valence-electron chi connectivity index (χ2n) is 20.0. The molecule has 0 radical (unpaired) electrons. The maximum atomic E-state index is 12.5. The lowest BCUT2D eigenvalue weighted by molar-refractivity contribution is -0.143. The summed E-state index contributed by atoms with van der Waals surface area (Å²) in [5.41, 5.74) is 0. The number of carbonyl (C=O) groups is 2. The molecule has 6 nitrogen and oxygen atoms in total. The molecule has 6 heteroatoms. The highest BCUT2D eigenvalue weighted by atomic mass is 16.5. The molecule has 384 valence electrons. The second kappa shape index (κ2) is 54.9. The largest absolute Gasteiger partial charge is 0.466 e. The number of hydrogen-bond acceptors (Lipinski definition) is 5. The Bertz CT molecular complexity index is 1010. The Kier molecular flexibility index (Phi) is 53.5. The molecule has 0 spiro atoms. The minimum absolute atomic E-state index is 0.0182. The quantitative estimate of drug-likeness (QED) is 0.0321. The van der Waals surface area contributed by atoms with Crippen molar-refractivity contribution in [1.29, 1.82) is 0 Å². The van der Waals surface area contributed by atoms with Gasteiger partial charge in [-0.3, -0.25) is 9.59 Å². The summed E-state index contributed by atoms with van der Waals surface area (Å²) in [5, 5.41) is 23.2. The molecule has 2 unspecified atom stereocenters. The van der Waals surface area contributed by atoms with E-state index in [1.165, 1.54) is 231 Å². The van der Waals surface area contributed by atoms with Gasteiger partial charge in [-0.2, -0.15) is 0 Å². The predicted molar refractivity (Wildman–Crippen MR) is 283 cm³/mol. The van der Waals surface area contributed by atoms with Crippen LogP contribution in [0.4, 0.5) is 0 Å². The molecular formula is C59H113NO5. The van der Waals surface area contributed by atoms with Crippen molar-refractivity contribution in [3.05, 3.63) is 24.3 Å². The van der Waals surface area contributed by atoms with Crippen LogP contribution in [0.3, 0.4) is 0 Å². The van der Waals surface area contributed by atoms with Gasteiger partial charge in [0.05, 0.1) is 25.4 Å². The molecule has 0 aromatic carbocycles. The van der Waals surface area contributed by atoms with E-state index < -0.39 is 12.1 Å². The first-order valence-corrected chi connectivity index (χ1v) is 29.1.